The zero-order valence-corrected chi connectivity index (χ0v) is 11.7. The van der Waals surface area contributed by atoms with Crippen LogP contribution in [0, 0.1) is 5.82 Å². The Balaban J connectivity index is 2.01. The van der Waals surface area contributed by atoms with E-state index in [0.29, 0.717) is 25.2 Å². The van der Waals surface area contributed by atoms with E-state index in [2.05, 4.69) is 10.1 Å². The van der Waals surface area contributed by atoms with E-state index in [9.17, 15) is 22.4 Å². The molecule has 2 rings (SSSR count). The fourth-order valence-electron chi connectivity index (χ4n) is 2.35. The number of amides is 1. The summed E-state index contributed by atoms with van der Waals surface area (Å²) in [7, 11) is 0. The molecular weight excluding hydrogens is 304 g/mol. The van der Waals surface area contributed by atoms with E-state index in [-0.39, 0.29) is 0 Å². The highest BCUT2D eigenvalue weighted by Gasteiger charge is 2.31. The maximum Gasteiger partial charge on any atom is 0.411 e. The van der Waals surface area contributed by atoms with Gasteiger partial charge in [-0.25, -0.2) is 4.39 Å². The Bertz CT molecular complexity index is 522. The lowest BCUT2D eigenvalue weighted by atomic mass is 10.0. The first-order valence-electron chi connectivity index (χ1n) is 6.77. The second kappa shape index (κ2) is 7.06. The largest absolute Gasteiger partial charge is 0.411 e. The monoisotopic (exact) mass is 320 g/mol. The zero-order valence-electron chi connectivity index (χ0n) is 11.7. The van der Waals surface area contributed by atoms with Crippen molar-refractivity contribution in [3.8, 4) is 0 Å². The summed E-state index contributed by atoms with van der Waals surface area (Å²) >= 11 is 0. The average Bonchev–Trinajstić information content (AvgIpc) is 2.46. The van der Waals surface area contributed by atoms with Crippen molar-refractivity contribution >= 4 is 5.91 Å². The molecule has 1 unspecified atom stereocenters. The first-order valence-corrected chi connectivity index (χ1v) is 6.77. The number of halogens is 4. The second-order valence-electron chi connectivity index (χ2n) is 4.97. The zero-order chi connectivity index (χ0) is 16.2. The Kier molecular flexibility index (Phi) is 5.36. The van der Waals surface area contributed by atoms with Crippen LogP contribution in [0.3, 0.4) is 0 Å². The number of hydrogen-bond acceptors (Lipinski definition) is 3. The van der Waals surface area contributed by atoms with Gasteiger partial charge in [0.15, 0.2) is 0 Å². The van der Waals surface area contributed by atoms with E-state index >= 15 is 0 Å². The van der Waals surface area contributed by atoms with Crippen molar-refractivity contribution in [2.24, 2.45) is 0 Å². The molecule has 0 aliphatic carbocycles. The Morgan fingerprint density at radius 3 is 2.86 bits per heavy atom. The van der Waals surface area contributed by atoms with E-state index in [1.807, 2.05) is 0 Å². The van der Waals surface area contributed by atoms with E-state index in [1.165, 1.54) is 23.1 Å². The topological polar surface area (TPSA) is 41.6 Å². The number of alkyl halides is 3. The fourth-order valence-corrected chi connectivity index (χ4v) is 2.35. The Morgan fingerprint density at radius 2 is 2.18 bits per heavy atom. The minimum atomic E-state index is -4.47. The molecule has 0 bridgehead atoms. The number of rotatable bonds is 4. The van der Waals surface area contributed by atoms with Crippen LogP contribution in [0.1, 0.15) is 11.6 Å². The Hall–Kier alpha value is -1.67. The van der Waals surface area contributed by atoms with Gasteiger partial charge in [0, 0.05) is 19.6 Å². The molecule has 0 saturated carbocycles. The highest BCUT2D eigenvalue weighted by Crippen LogP contribution is 2.23. The van der Waals surface area contributed by atoms with Gasteiger partial charge < -0.3 is 15.0 Å². The highest BCUT2D eigenvalue weighted by molar-refractivity contribution is 5.78. The minimum absolute atomic E-state index is 0.329. The van der Waals surface area contributed by atoms with Crippen LogP contribution in [-0.2, 0) is 9.53 Å². The lowest BCUT2D eigenvalue weighted by Crippen LogP contribution is -2.50. The molecule has 8 heteroatoms. The summed E-state index contributed by atoms with van der Waals surface area (Å²) in [6, 6.07) is 5.39. The highest BCUT2D eigenvalue weighted by atomic mass is 19.4. The number of benzene rings is 1. The van der Waals surface area contributed by atoms with Crippen LogP contribution in [-0.4, -0.2) is 49.8 Å². The predicted molar refractivity (Wildman–Crippen MR) is 70.6 cm³/mol. The number of hydrogen-bond donors (Lipinski definition) is 1. The van der Waals surface area contributed by atoms with Gasteiger partial charge in [0.2, 0.25) is 5.91 Å². The van der Waals surface area contributed by atoms with Crippen LogP contribution >= 0.6 is 0 Å². The molecule has 1 heterocycles. The minimum Gasteiger partial charge on any atom is -0.362 e. The fraction of sp³-hybridized carbons (Fsp3) is 0.500. The molecule has 122 valence electrons. The molecule has 4 nitrogen and oxygen atoms in total. The van der Waals surface area contributed by atoms with Crippen molar-refractivity contribution in [2.75, 3.05) is 32.8 Å². The number of nitrogens with zero attached hydrogens (tertiary/aromatic N) is 1. The second-order valence-corrected chi connectivity index (χ2v) is 4.97. The predicted octanol–water partition coefficient (Wildman–Crippen LogP) is 1.88. The van der Waals surface area contributed by atoms with Gasteiger partial charge in [0.1, 0.15) is 19.0 Å². The first kappa shape index (κ1) is 16.7. The standard InChI is InChI=1S/C14H16F4N2O2/c15-11-3-1-2-10(6-11)12-7-19-4-5-20(12)13(21)8-22-9-14(16,17)18/h1-3,6,12,19H,4-5,7-9H2. The molecule has 22 heavy (non-hydrogen) atoms. The molecule has 1 N–H and O–H groups in total. The summed E-state index contributed by atoms with van der Waals surface area (Å²) < 4.78 is 53.8. The third kappa shape index (κ3) is 4.67. The van der Waals surface area contributed by atoms with Crippen molar-refractivity contribution < 1.29 is 27.1 Å². The lowest BCUT2D eigenvalue weighted by molar-refractivity contribution is -0.178. The summed E-state index contributed by atoms with van der Waals surface area (Å²) in [5.74, 6) is -0.969. The van der Waals surface area contributed by atoms with Gasteiger partial charge in [-0.05, 0) is 17.7 Å². The van der Waals surface area contributed by atoms with E-state index in [1.54, 1.807) is 6.07 Å². The number of ether oxygens (including phenoxy) is 1. The van der Waals surface area contributed by atoms with Crippen molar-refractivity contribution in [3.05, 3.63) is 35.6 Å². The molecule has 0 spiro atoms. The van der Waals surface area contributed by atoms with Crippen molar-refractivity contribution in [2.45, 2.75) is 12.2 Å². The average molecular weight is 320 g/mol. The summed E-state index contributed by atoms with van der Waals surface area (Å²) in [4.78, 5) is 13.5. The number of carbonyl (C=O) groups is 1. The van der Waals surface area contributed by atoms with Crippen LogP contribution in [0.25, 0.3) is 0 Å². The molecule has 0 aromatic heterocycles. The van der Waals surface area contributed by atoms with Crippen molar-refractivity contribution in [1.82, 2.24) is 10.2 Å². The molecule has 1 aromatic carbocycles. The number of piperazine rings is 1. The third-order valence-corrected chi connectivity index (χ3v) is 3.29. The van der Waals surface area contributed by atoms with Crippen LogP contribution in [0.4, 0.5) is 17.6 Å². The van der Waals surface area contributed by atoms with Gasteiger partial charge >= 0.3 is 6.18 Å². The Morgan fingerprint density at radius 1 is 1.41 bits per heavy atom. The molecule has 0 radical (unpaired) electrons. The molecule has 1 saturated heterocycles. The van der Waals surface area contributed by atoms with Crippen LogP contribution in [0.2, 0.25) is 0 Å². The van der Waals surface area contributed by atoms with Crippen LogP contribution in [0.5, 0.6) is 0 Å². The molecule has 1 aliphatic heterocycles. The third-order valence-electron chi connectivity index (χ3n) is 3.29. The van der Waals surface area contributed by atoms with Gasteiger partial charge in [-0.3, -0.25) is 4.79 Å². The SMILES string of the molecule is O=C(COCC(F)(F)F)N1CCNCC1c1cccc(F)c1. The van der Waals surface area contributed by atoms with E-state index in [0.717, 1.165) is 0 Å². The van der Waals surface area contributed by atoms with Gasteiger partial charge in [-0.2, -0.15) is 13.2 Å². The molecule has 1 atom stereocenters. The number of carbonyl (C=O) groups excluding carboxylic acids is 1. The lowest BCUT2D eigenvalue weighted by Gasteiger charge is -2.36. The maximum atomic E-state index is 13.3. The summed E-state index contributed by atoms with van der Waals surface area (Å²) in [6.45, 7) is -0.846. The van der Waals surface area contributed by atoms with Gasteiger partial charge in [-0.15, -0.1) is 0 Å². The maximum absolute atomic E-state index is 13.3. The van der Waals surface area contributed by atoms with E-state index in [4.69, 9.17) is 0 Å². The quantitative estimate of drug-likeness (QED) is 0.861. The molecule has 1 aliphatic rings. The van der Waals surface area contributed by atoms with Gasteiger partial charge in [-0.1, -0.05) is 12.1 Å². The van der Waals surface area contributed by atoms with Gasteiger partial charge in [0.05, 0.1) is 6.04 Å². The van der Waals surface area contributed by atoms with Gasteiger partial charge in [0.25, 0.3) is 0 Å². The Labute approximate surface area is 125 Å². The smallest absolute Gasteiger partial charge is 0.362 e. The summed E-state index contributed by atoms with van der Waals surface area (Å²) in [6.07, 6.45) is -4.47. The number of nitrogens with one attached hydrogen (secondary N) is 1. The van der Waals surface area contributed by atoms with Crippen molar-refractivity contribution in [1.29, 1.82) is 0 Å². The van der Waals surface area contributed by atoms with E-state index < -0.39 is 37.2 Å². The summed E-state index contributed by atoms with van der Waals surface area (Å²) in [5.41, 5.74) is 0.594. The van der Waals surface area contributed by atoms with Crippen LogP contribution in [0.15, 0.2) is 24.3 Å². The molecular formula is C14H16F4N2O2. The van der Waals surface area contributed by atoms with Crippen LogP contribution < -0.4 is 5.32 Å². The summed E-state index contributed by atoms with van der Waals surface area (Å²) in [5, 5.41) is 3.08. The molecule has 1 fully saturated rings. The normalized spacial score (nSPS) is 19.3. The first-order chi connectivity index (χ1) is 10.4. The van der Waals surface area contributed by atoms with Crippen molar-refractivity contribution in [3.63, 3.8) is 0 Å². The molecule has 1 aromatic rings. The molecule has 1 amide bonds.